The number of pyridine rings is 1. The Morgan fingerprint density at radius 1 is 1.10 bits per heavy atom. The molecule has 5 rings (SSSR count). The molecule has 4 aromatic rings. The van der Waals surface area contributed by atoms with Crippen molar-refractivity contribution in [2.45, 2.75) is 52.0 Å². The van der Waals surface area contributed by atoms with Crippen LogP contribution in [-0.2, 0) is 11.3 Å². The minimum Gasteiger partial charge on any atom is -0.321 e. The molecule has 1 atom stereocenters. The van der Waals surface area contributed by atoms with Gasteiger partial charge in [-0.3, -0.25) is 4.79 Å². The van der Waals surface area contributed by atoms with Crippen molar-refractivity contribution in [3.63, 3.8) is 0 Å². The van der Waals surface area contributed by atoms with Crippen LogP contribution in [-0.4, -0.2) is 14.8 Å². The minimum atomic E-state index is -0.225. The highest BCUT2D eigenvalue weighted by Gasteiger charge is 2.30. The normalized spacial score (nSPS) is 15.7. The number of hydrogen-bond donors (Lipinski definition) is 0. The van der Waals surface area contributed by atoms with Gasteiger partial charge in [-0.05, 0) is 73.0 Å². The van der Waals surface area contributed by atoms with Gasteiger partial charge in [-0.2, -0.15) is 0 Å². The number of aromatic nitrogens is 2. The van der Waals surface area contributed by atoms with Gasteiger partial charge in [0.05, 0.1) is 11.4 Å². The Bertz CT molecular complexity index is 1270. The lowest BCUT2D eigenvalue weighted by molar-refractivity contribution is -0.114. The SMILES string of the molecule is Cc1cc(C)c2c3ccccc3n(Cc3ccc(C(C(=O)Cl)C4CCCC4)cc3)c2n1. The molecule has 0 spiro atoms. The zero-order valence-corrected chi connectivity index (χ0v) is 18.8. The van der Waals surface area contributed by atoms with Gasteiger partial charge in [-0.1, -0.05) is 55.3 Å². The third-order valence-electron chi connectivity index (χ3n) is 6.84. The summed E-state index contributed by atoms with van der Waals surface area (Å²) in [6.45, 7) is 4.95. The molecule has 1 aliphatic rings. The summed E-state index contributed by atoms with van der Waals surface area (Å²) >= 11 is 6.02. The zero-order valence-electron chi connectivity index (χ0n) is 18.1. The van der Waals surface area contributed by atoms with E-state index in [0.29, 0.717) is 5.92 Å². The number of rotatable bonds is 5. The maximum Gasteiger partial charge on any atom is 0.229 e. The number of nitrogens with zero attached hydrogens (tertiary/aromatic N) is 2. The molecule has 2 aromatic carbocycles. The standard InChI is InChI=1S/C27H27ClN2O/c1-17-15-18(2)29-27-24(17)22-9-5-6-10-23(22)30(27)16-19-11-13-21(14-12-19)25(26(28)31)20-7-3-4-8-20/h5-6,9-15,20,25H,3-4,7-8,16H2,1-2H3. The van der Waals surface area contributed by atoms with Crippen molar-refractivity contribution in [1.29, 1.82) is 0 Å². The minimum absolute atomic E-state index is 0.182. The number of hydrogen-bond acceptors (Lipinski definition) is 2. The van der Waals surface area contributed by atoms with Crippen molar-refractivity contribution in [2.75, 3.05) is 0 Å². The molecule has 31 heavy (non-hydrogen) atoms. The molecule has 1 aliphatic carbocycles. The van der Waals surface area contributed by atoms with Crippen LogP contribution in [0.15, 0.2) is 54.6 Å². The summed E-state index contributed by atoms with van der Waals surface area (Å²) < 4.78 is 2.31. The first-order valence-corrected chi connectivity index (χ1v) is 11.5. The first-order chi connectivity index (χ1) is 15.0. The molecule has 0 radical (unpaired) electrons. The van der Waals surface area contributed by atoms with Crippen LogP contribution in [0.5, 0.6) is 0 Å². The maximum atomic E-state index is 12.2. The zero-order chi connectivity index (χ0) is 21.5. The van der Waals surface area contributed by atoms with Gasteiger partial charge in [0, 0.05) is 23.0 Å². The molecule has 0 N–H and O–H groups in total. The first kappa shape index (κ1) is 20.3. The largest absolute Gasteiger partial charge is 0.321 e. The van der Waals surface area contributed by atoms with Crippen LogP contribution >= 0.6 is 11.6 Å². The van der Waals surface area contributed by atoms with E-state index in [1.807, 2.05) is 0 Å². The van der Waals surface area contributed by atoms with Gasteiger partial charge in [0.2, 0.25) is 5.24 Å². The number of benzene rings is 2. The Morgan fingerprint density at radius 3 is 2.52 bits per heavy atom. The second-order valence-corrected chi connectivity index (χ2v) is 9.32. The fourth-order valence-corrected chi connectivity index (χ4v) is 5.74. The molecule has 0 aliphatic heterocycles. The molecule has 3 nitrogen and oxygen atoms in total. The summed E-state index contributed by atoms with van der Waals surface area (Å²) in [5.41, 5.74) is 6.75. The molecule has 158 valence electrons. The Balaban J connectivity index is 1.53. The average molecular weight is 431 g/mol. The lowest BCUT2D eigenvalue weighted by Gasteiger charge is -2.20. The van der Waals surface area contributed by atoms with E-state index in [-0.39, 0.29) is 11.2 Å². The van der Waals surface area contributed by atoms with Gasteiger partial charge in [-0.25, -0.2) is 4.98 Å². The van der Waals surface area contributed by atoms with E-state index in [1.165, 1.54) is 40.3 Å². The summed E-state index contributed by atoms with van der Waals surface area (Å²) in [7, 11) is 0. The van der Waals surface area contributed by atoms with Gasteiger partial charge in [0.15, 0.2) is 0 Å². The molecule has 1 fully saturated rings. The molecule has 2 aromatic heterocycles. The molecule has 1 unspecified atom stereocenters. The number of halogens is 1. The summed E-state index contributed by atoms with van der Waals surface area (Å²) in [5, 5.41) is 2.25. The number of para-hydroxylation sites is 1. The van der Waals surface area contributed by atoms with Crippen LogP contribution in [0.2, 0.25) is 0 Å². The Hall–Kier alpha value is -2.65. The second kappa shape index (κ2) is 8.12. The van der Waals surface area contributed by atoms with E-state index in [9.17, 15) is 4.79 Å². The highest BCUT2D eigenvalue weighted by atomic mass is 35.5. The fraction of sp³-hybridized carbons (Fsp3) is 0.333. The van der Waals surface area contributed by atoms with E-state index < -0.39 is 0 Å². The van der Waals surface area contributed by atoms with Crippen molar-refractivity contribution in [1.82, 2.24) is 9.55 Å². The summed E-state index contributed by atoms with van der Waals surface area (Å²) in [4.78, 5) is 17.1. The van der Waals surface area contributed by atoms with Crippen molar-refractivity contribution < 1.29 is 4.79 Å². The van der Waals surface area contributed by atoms with E-state index in [2.05, 4.69) is 73.0 Å². The van der Waals surface area contributed by atoms with Gasteiger partial charge < -0.3 is 4.57 Å². The van der Waals surface area contributed by atoms with E-state index >= 15 is 0 Å². The predicted molar refractivity (Wildman–Crippen MR) is 128 cm³/mol. The molecule has 2 heterocycles. The third kappa shape index (κ3) is 3.65. The van der Waals surface area contributed by atoms with Gasteiger partial charge in [0.25, 0.3) is 0 Å². The van der Waals surface area contributed by atoms with Crippen LogP contribution in [0.1, 0.15) is 54.0 Å². The van der Waals surface area contributed by atoms with Gasteiger partial charge >= 0.3 is 0 Å². The molecular formula is C27H27ClN2O. The van der Waals surface area contributed by atoms with Crippen LogP contribution in [0.3, 0.4) is 0 Å². The molecule has 4 heteroatoms. The Morgan fingerprint density at radius 2 is 1.81 bits per heavy atom. The Labute approximate surface area is 188 Å². The van der Waals surface area contributed by atoms with Crippen LogP contribution < -0.4 is 0 Å². The number of aryl methyl sites for hydroxylation is 2. The molecule has 0 bridgehead atoms. The molecule has 1 saturated carbocycles. The lowest BCUT2D eigenvalue weighted by Crippen LogP contribution is -2.16. The first-order valence-electron chi connectivity index (χ1n) is 11.2. The van der Waals surface area contributed by atoms with Crippen molar-refractivity contribution in [2.24, 2.45) is 5.92 Å². The number of fused-ring (bicyclic) bond motifs is 3. The van der Waals surface area contributed by atoms with E-state index in [4.69, 9.17) is 16.6 Å². The third-order valence-corrected chi connectivity index (χ3v) is 7.08. The second-order valence-electron chi connectivity index (χ2n) is 8.95. The number of carbonyl (C=O) groups excluding carboxylic acids is 1. The summed E-state index contributed by atoms with van der Waals surface area (Å²) in [6, 6.07) is 19.1. The average Bonchev–Trinajstić information content (AvgIpc) is 3.36. The topological polar surface area (TPSA) is 34.9 Å². The molecule has 0 amide bonds. The van der Waals surface area contributed by atoms with Crippen LogP contribution in [0, 0.1) is 19.8 Å². The molecular weight excluding hydrogens is 404 g/mol. The Kier molecular flexibility index (Phi) is 5.31. The van der Waals surface area contributed by atoms with Crippen LogP contribution in [0.25, 0.3) is 21.9 Å². The fourth-order valence-electron chi connectivity index (χ4n) is 5.43. The van der Waals surface area contributed by atoms with Crippen molar-refractivity contribution in [3.8, 4) is 0 Å². The summed E-state index contributed by atoms with van der Waals surface area (Å²) in [5.74, 6) is 0.196. The maximum absolute atomic E-state index is 12.2. The van der Waals surface area contributed by atoms with Gasteiger partial charge in [0.1, 0.15) is 5.65 Å². The summed E-state index contributed by atoms with van der Waals surface area (Å²) in [6.07, 6.45) is 4.58. The lowest BCUT2D eigenvalue weighted by atomic mass is 9.85. The molecule has 0 saturated heterocycles. The highest BCUT2D eigenvalue weighted by Crippen LogP contribution is 2.39. The predicted octanol–water partition coefficient (Wildman–Crippen LogP) is 6.89. The van der Waals surface area contributed by atoms with Gasteiger partial charge in [-0.15, -0.1) is 0 Å². The van der Waals surface area contributed by atoms with Crippen molar-refractivity contribution >= 4 is 38.8 Å². The highest BCUT2D eigenvalue weighted by molar-refractivity contribution is 6.64. The van der Waals surface area contributed by atoms with Crippen LogP contribution in [0.4, 0.5) is 0 Å². The van der Waals surface area contributed by atoms with Crippen molar-refractivity contribution in [3.05, 3.63) is 77.0 Å². The quantitative estimate of drug-likeness (QED) is 0.323. The van der Waals surface area contributed by atoms with E-state index in [0.717, 1.165) is 36.3 Å². The smallest absolute Gasteiger partial charge is 0.229 e. The monoisotopic (exact) mass is 430 g/mol. The van der Waals surface area contributed by atoms with E-state index in [1.54, 1.807) is 0 Å². The number of carbonyl (C=O) groups is 1.